The second-order valence-electron chi connectivity index (χ2n) is 4.27. The molecule has 0 saturated carbocycles. The predicted molar refractivity (Wildman–Crippen MR) is 87.6 cm³/mol. The Bertz CT molecular complexity index is 773. The Labute approximate surface area is 134 Å². The monoisotopic (exact) mass is 366 g/mol. The van der Waals surface area contributed by atoms with Crippen molar-refractivity contribution >= 4 is 50.0 Å². The highest BCUT2D eigenvalue weighted by molar-refractivity contribution is 9.08. The quantitative estimate of drug-likeness (QED) is 0.559. The lowest BCUT2D eigenvalue weighted by molar-refractivity contribution is 1.15. The third kappa shape index (κ3) is 2.53. The molecule has 0 aliphatic carbocycles. The number of alkyl halides is 1. The Morgan fingerprint density at radius 1 is 0.950 bits per heavy atom. The van der Waals surface area contributed by atoms with Crippen LogP contribution in [0.5, 0.6) is 0 Å². The molecule has 3 rings (SSSR count). The molecular weight excluding hydrogens is 359 g/mol. The third-order valence-electron chi connectivity index (χ3n) is 2.99. The van der Waals surface area contributed by atoms with Crippen molar-refractivity contribution in [2.24, 2.45) is 0 Å². The van der Waals surface area contributed by atoms with Gasteiger partial charge in [0.1, 0.15) is 0 Å². The number of halogens is 3. The summed E-state index contributed by atoms with van der Waals surface area (Å²) in [6.07, 6.45) is 0. The molecule has 0 unspecified atom stereocenters. The van der Waals surface area contributed by atoms with Crippen LogP contribution in [0, 0.1) is 0 Å². The molecule has 100 valence electrons. The van der Waals surface area contributed by atoms with Crippen molar-refractivity contribution in [1.82, 2.24) is 9.97 Å². The number of fused-ring (bicyclic) bond motifs is 1. The highest BCUT2D eigenvalue weighted by atomic mass is 79.9. The minimum atomic E-state index is 0.627. The smallest absolute Gasteiger partial charge is 0.160 e. The first-order valence-electron chi connectivity index (χ1n) is 5.96. The van der Waals surface area contributed by atoms with Gasteiger partial charge in [-0.25, -0.2) is 9.97 Å². The van der Waals surface area contributed by atoms with Gasteiger partial charge in [0.25, 0.3) is 0 Å². The summed E-state index contributed by atoms with van der Waals surface area (Å²) in [5, 5.41) is 2.93. The zero-order chi connectivity index (χ0) is 14.1. The number of aromatic nitrogens is 2. The highest BCUT2D eigenvalue weighted by Gasteiger charge is 2.10. The Morgan fingerprint density at radius 2 is 1.70 bits per heavy atom. The molecule has 20 heavy (non-hydrogen) atoms. The van der Waals surface area contributed by atoms with Crippen LogP contribution in [0.25, 0.3) is 22.3 Å². The average molecular weight is 368 g/mol. The van der Waals surface area contributed by atoms with Crippen LogP contribution in [0.2, 0.25) is 10.0 Å². The van der Waals surface area contributed by atoms with Gasteiger partial charge in [0.05, 0.1) is 16.2 Å². The fourth-order valence-electron chi connectivity index (χ4n) is 2.01. The molecule has 0 fully saturated rings. The second-order valence-corrected chi connectivity index (χ2v) is 5.67. The minimum Gasteiger partial charge on any atom is -0.232 e. The summed E-state index contributed by atoms with van der Waals surface area (Å²) in [6.45, 7) is 0. The van der Waals surface area contributed by atoms with E-state index >= 15 is 0 Å². The Balaban J connectivity index is 2.27. The summed E-state index contributed by atoms with van der Waals surface area (Å²) >= 11 is 15.6. The van der Waals surface area contributed by atoms with Gasteiger partial charge in [-0.05, 0) is 30.3 Å². The maximum Gasteiger partial charge on any atom is 0.160 e. The first-order valence-corrected chi connectivity index (χ1v) is 7.84. The standard InChI is InChI=1S/C15H9BrCl2N2/c16-8-13-11-2-1-3-12(18)14(11)20-15(19-13)9-4-6-10(17)7-5-9/h1-7H,8H2. The first-order chi connectivity index (χ1) is 9.69. The average Bonchev–Trinajstić information content (AvgIpc) is 2.47. The maximum atomic E-state index is 6.24. The molecule has 1 heterocycles. The first kappa shape index (κ1) is 13.8. The van der Waals surface area contributed by atoms with E-state index in [0.717, 1.165) is 22.2 Å². The van der Waals surface area contributed by atoms with Crippen LogP contribution in [0.1, 0.15) is 5.69 Å². The molecule has 1 aromatic heterocycles. The number of rotatable bonds is 2. The Hall–Kier alpha value is -1.16. The predicted octanol–water partition coefficient (Wildman–Crippen LogP) is 5.50. The summed E-state index contributed by atoms with van der Waals surface area (Å²) < 4.78 is 0. The van der Waals surface area contributed by atoms with E-state index in [0.29, 0.717) is 21.2 Å². The van der Waals surface area contributed by atoms with E-state index in [2.05, 4.69) is 25.9 Å². The summed E-state index contributed by atoms with van der Waals surface area (Å²) in [5.41, 5.74) is 2.60. The Kier molecular flexibility index (Phi) is 3.92. The van der Waals surface area contributed by atoms with Gasteiger partial charge in [0.2, 0.25) is 0 Å². The van der Waals surface area contributed by atoms with Gasteiger partial charge in [-0.15, -0.1) is 0 Å². The molecule has 2 nitrogen and oxygen atoms in total. The van der Waals surface area contributed by atoms with E-state index in [1.165, 1.54) is 0 Å². The van der Waals surface area contributed by atoms with Gasteiger partial charge in [0, 0.05) is 21.3 Å². The van der Waals surface area contributed by atoms with Crippen molar-refractivity contribution in [2.45, 2.75) is 5.33 Å². The molecule has 3 aromatic rings. The lowest BCUT2D eigenvalue weighted by Gasteiger charge is -2.08. The molecule has 5 heteroatoms. The molecule has 0 saturated heterocycles. The zero-order valence-electron chi connectivity index (χ0n) is 10.3. The largest absolute Gasteiger partial charge is 0.232 e. The molecule has 0 aliphatic rings. The Morgan fingerprint density at radius 3 is 2.40 bits per heavy atom. The molecule has 0 atom stereocenters. The molecular formula is C15H9BrCl2N2. The van der Waals surface area contributed by atoms with Crippen molar-refractivity contribution in [3.63, 3.8) is 0 Å². The van der Waals surface area contributed by atoms with Gasteiger partial charge in [-0.3, -0.25) is 0 Å². The molecule has 0 aliphatic heterocycles. The van der Waals surface area contributed by atoms with Crippen LogP contribution < -0.4 is 0 Å². The van der Waals surface area contributed by atoms with Crippen LogP contribution in [0.4, 0.5) is 0 Å². The molecule has 0 radical (unpaired) electrons. The number of hydrogen-bond donors (Lipinski definition) is 0. The van der Waals surface area contributed by atoms with Crippen molar-refractivity contribution in [2.75, 3.05) is 0 Å². The van der Waals surface area contributed by atoms with Gasteiger partial charge in [0.15, 0.2) is 5.82 Å². The lowest BCUT2D eigenvalue weighted by Crippen LogP contribution is -1.96. The minimum absolute atomic E-state index is 0.627. The number of hydrogen-bond acceptors (Lipinski definition) is 2. The van der Waals surface area contributed by atoms with E-state index < -0.39 is 0 Å². The summed E-state index contributed by atoms with van der Waals surface area (Å²) in [6, 6.07) is 13.2. The summed E-state index contributed by atoms with van der Waals surface area (Å²) in [5.74, 6) is 0.650. The van der Waals surface area contributed by atoms with E-state index in [1.807, 2.05) is 42.5 Å². The molecule has 0 spiro atoms. The molecule has 0 amide bonds. The number of benzene rings is 2. The topological polar surface area (TPSA) is 25.8 Å². The van der Waals surface area contributed by atoms with Gasteiger partial charge >= 0.3 is 0 Å². The normalized spacial score (nSPS) is 10.9. The van der Waals surface area contributed by atoms with E-state index in [9.17, 15) is 0 Å². The van der Waals surface area contributed by atoms with Crippen LogP contribution in [0.3, 0.4) is 0 Å². The molecule has 2 aromatic carbocycles. The SMILES string of the molecule is Clc1ccc(-c2nc(CBr)c3cccc(Cl)c3n2)cc1. The van der Waals surface area contributed by atoms with E-state index in [4.69, 9.17) is 23.2 Å². The molecule has 0 N–H and O–H groups in total. The van der Waals surface area contributed by atoms with Crippen molar-refractivity contribution in [1.29, 1.82) is 0 Å². The van der Waals surface area contributed by atoms with E-state index in [-0.39, 0.29) is 0 Å². The maximum absolute atomic E-state index is 6.24. The van der Waals surface area contributed by atoms with Crippen LogP contribution in [-0.4, -0.2) is 9.97 Å². The zero-order valence-corrected chi connectivity index (χ0v) is 13.4. The number of nitrogens with zero attached hydrogens (tertiary/aromatic N) is 2. The number of para-hydroxylation sites is 1. The summed E-state index contributed by atoms with van der Waals surface area (Å²) in [4.78, 5) is 9.18. The third-order valence-corrected chi connectivity index (χ3v) is 4.07. The molecule has 0 bridgehead atoms. The van der Waals surface area contributed by atoms with Crippen LogP contribution in [-0.2, 0) is 5.33 Å². The summed E-state index contributed by atoms with van der Waals surface area (Å²) in [7, 11) is 0. The van der Waals surface area contributed by atoms with Crippen molar-refractivity contribution < 1.29 is 0 Å². The second kappa shape index (κ2) is 5.68. The van der Waals surface area contributed by atoms with Crippen molar-refractivity contribution in [3.8, 4) is 11.4 Å². The van der Waals surface area contributed by atoms with Crippen LogP contribution in [0.15, 0.2) is 42.5 Å². The van der Waals surface area contributed by atoms with Crippen LogP contribution >= 0.6 is 39.1 Å². The fraction of sp³-hybridized carbons (Fsp3) is 0.0667. The lowest BCUT2D eigenvalue weighted by atomic mass is 10.1. The highest BCUT2D eigenvalue weighted by Crippen LogP contribution is 2.28. The van der Waals surface area contributed by atoms with Gasteiger partial charge < -0.3 is 0 Å². The van der Waals surface area contributed by atoms with Gasteiger partial charge in [-0.1, -0.05) is 51.3 Å². The van der Waals surface area contributed by atoms with E-state index in [1.54, 1.807) is 0 Å². The fourth-order valence-corrected chi connectivity index (χ4v) is 2.78. The van der Waals surface area contributed by atoms with Gasteiger partial charge in [-0.2, -0.15) is 0 Å². The van der Waals surface area contributed by atoms with Crippen molar-refractivity contribution in [3.05, 3.63) is 58.2 Å².